The number of nitrogens with one attached hydrogen (secondary N) is 1. The van der Waals surface area contributed by atoms with Crippen LogP contribution in [0.3, 0.4) is 0 Å². The van der Waals surface area contributed by atoms with Crippen LogP contribution >= 0.6 is 11.6 Å². The number of rotatable bonds is 6. The summed E-state index contributed by atoms with van der Waals surface area (Å²) >= 11 is 6.12. The molecule has 4 heteroatoms. The Kier molecular flexibility index (Phi) is 4.74. The number of aromatic nitrogens is 1. The van der Waals surface area contributed by atoms with Crippen LogP contribution in [0.4, 0.5) is 0 Å². The minimum Gasteiger partial charge on any atom is -0.390 e. The van der Waals surface area contributed by atoms with Crippen molar-refractivity contribution in [1.29, 1.82) is 0 Å². The molecule has 110 valence electrons. The molecule has 0 radical (unpaired) electrons. The lowest BCUT2D eigenvalue weighted by Crippen LogP contribution is -2.20. The van der Waals surface area contributed by atoms with Gasteiger partial charge in [-0.3, -0.25) is 0 Å². The van der Waals surface area contributed by atoms with Crippen LogP contribution in [0.2, 0.25) is 5.02 Å². The van der Waals surface area contributed by atoms with Gasteiger partial charge in [0.15, 0.2) is 0 Å². The van der Waals surface area contributed by atoms with Crippen LogP contribution < -0.4 is 5.32 Å². The Bertz CT molecular complexity index is 584. The van der Waals surface area contributed by atoms with E-state index in [1.165, 1.54) is 10.9 Å². The molecule has 2 N–H and O–H groups in total. The fourth-order valence-electron chi connectivity index (χ4n) is 2.32. The highest BCUT2D eigenvalue weighted by Gasteiger charge is 2.14. The number of benzene rings is 1. The van der Waals surface area contributed by atoms with Crippen molar-refractivity contribution in [3.8, 4) is 0 Å². The van der Waals surface area contributed by atoms with Crippen LogP contribution in [0.15, 0.2) is 24.4 Å². The van der Waals surface area contributed by atoms with E-state index in [1.807, 2.05) is 26.0 Å². The molecule has 0 fully saturated rings. The molecule has 0 amide bonds. The summed E-state index contributed by atoms with van der Waals surface area (Å²) in [4.78, 5) is 0. The third-order valence-corrected chi connectivity index (χ3v) is 3.69. The Labute approximate surface area is 125 Å². The monoisotopic (exact) mass is 294 g/mol. The molecule has 0 bridgehead atoms. The molecule has 0 unspecified atom stereocenters. The summed E-state index contributed by atoms with van der Waals surface area (Å²) in [6.45, 7) is 8.36. The number of hydrogen-bond donors (Lipinski definition) is 2. The Hall–Kier alpha value is -1.03. The van der Waals surface area contributed by atoms with Gasteiger partial charge in [-0.2, -0.15) is 0 Å². The molecule has 2 rings (SSSR count). The van der Waals surface area contributed by atoms with E-state index in [0.29, 0.717) is 6.42 Å². The van der Waals surface area contributed by atoms with E-state index >= 15 is 0 Å². The van der Waals surface area contributed by atoms with Crippen molar-refractivity contribution in [2.24, 2.45) is 0 Å². The van der Waals surface area contributed by atoms with Gasteiger partial charge in [-0.05, 0) is 44.5 Å². The smallest absolute Gasteiger partial charge is 0.0608 e. The van der Waals surface area contributed by atoms with E-state index in [4.69, 9.17) is 11.6 Å². The summed E-state index contributed by atoms with van der Waals surface area (Å²) in [5, 5.41) is 15.2. The predicted molar refractivity (Wildman–Crippen MR) is 85.2 cm³/mol. The lowest BCUT2D eigenvalue weighted by atomic mass is 10.1. The first-order valence-electron chi connectivity index (χ1n) is 7.11. The molecule has 1 heterocycles. The van der Waals surface area contributed by atoms with Gasteiger partial charge in [0.05, 0.1) is 5.60 Å². The van der Waals surface area contributed by atoms with Gasteiger partial charge in [-0.25, -0.2) is 0 Å². The summed E-state index contributed by atoms with van der Waals surface area (Å²) in [7, 11) is 0. The van der Waals surface area contributed by atoms with Crippen molar-refractivity contribution in [2.75, 3.05) is 6.54 Å². The van der Waals surface area contributed by atoms with Crippen LogP contribution in [0.25, 0.3) is 10.9 Å². The van der Waals surface area contributed by atoms with Gasteiger partial charge >= 0.3 is 0 Å². The Morgan fingerprint density at radius 2 is 2.10 bits per heavy atom. The van der Waals surface area contributed by atoms with Gasteiger partial charge < -0.3 is 15.0 Å². The predicted octanol–water partition coefficient (Wildman–Crippen LogP) is 3.57. The van der Waals surface area contributed by atoms with Crippen molar-refractivity contribution in [1.82, 2.24) is 9.88 Å². The minimum absolute atomic E-state index is 0.656. The molecule has 1 aromatic heterocycles. The number of hydrogen-bond acceptors (Lipinski definition) is 2. The summed E-state index contributed by atoms with van der Waals surface area (Å²) < 4.78 is 2.19. The average Bonchev–Trinajstić information content (AvgIpc) is 2.70. The number of nitrogens with zero attached hydrogens (tertiary/aromatic N) is 1. The molecule has 0 aliphatic heterocycles. The molecule has 0 saturated carbocycles. The topological polar surface area (TPSA) is 37.2 Å². The second kappa shape index (κ2) is 6.17. The van der Waals surface area contributed by atoms with Gasteiger partial charge in [-0.1, -0.05) is 24.6 Å². The van der Waals surface area contributed by atoms with Crippen molar-refractivity contribution < 1.29 is 5.11 Å². The Balaban J connectivity index is 2.34. The Morgan fingerprint density at radius 3 is 2.75 bits per heavy atom. The van der Waals surface area contributed by atoms with Gasteiger partial charge in [0, 0.05) is 35.2 Å². The molecule has 0 spiro atoms. The third-order valence-electron chi connectivity index (χ3n) is 3.46. The van der Waals surface area contributed by atoms with Crippen molar-refractivity contribution in [2.45, 2.75) is 45.9 Å². The lowest BCUT2D eigenvalue weighted by molar-refractivity contribution is 0.0666. The molecule has 0 aliphatic carbocycles. The molecule has 0 aliphatic rings. The van der Waals surface area contributed by atoms with Crippen LogP contribution in [0, 0.1) is 0 Å². The zero-order valence-corrected chi connectivity index (χ0v) is 13.2. The molecule has 0 saturated heterocycles. The van der Waals surface area contributed by atoms with Crippen molar-refractivity contribution >= 4 is 22.5 Å². The van der Waals surface area contributed by atoms with Crippen LogP contribution in [-0.4, -0.2) is 21.8 Å². The Morgan fingerprint density at radius 1 is 1.35 bits per heavy atom. The zero-order valence-electron chi connectivity index (χ0n) is 12.4. The molecule has 3 nitrogen and oxygen atoms in total. The number of aliphatic hydroxyl groups is 1. The largest absolute Gasteiger partial charge is 0.390 e. The number of halogens is 1. The van der Waals surface area contributed by atoms with E-state index in [0.717, 1.165) is 30.2 Å². The maximum absolute atomic E-state index is 9.90. The second-order valence-corrected chi connectivity index (χ2v) is 6.29. The lowest BCUT2D eigenvalue weighted by Gasteiger charge is -2.17. The van der Waals surface area contributed by atoms with E-state index in [2.05, 4.69) is 29.1 Å². The quantitative estimate of drug-likeness (QED) is 0.855. The SMILES string of the molecule is CCNCc1cn(CCC(C)(C)O)c2cc(Cl)ccc12. The van der Waals surface area contributed by atoms with Crippen molar-refractivity contribution in [3.63, 3.8) is 0 Å². The maximum Gasteiger partial charge on any atom is 0.0608 e. The molecular formula is C16H23ClN2O. The molecule has 20 heavy (non-hydrogen) atoms. The van der Waals surface area contributed by atoms with Gasteiger partial charge in [0.2, 0.25) is 0 Å². The van der Waals surface area contributed by atoms with E-state index in [1.54, 1.807) is 0 Å². The molecule has 0 atom stereocenters. The third kappa shape index (κ3) is 3.75. The van der Waals surface area contributed by atoms with Crippen LogP contribution in [-0.2, 0) is 13.1 Å². The molecule has 2 aromatic rings. The standard InChI is InChI=1S/C16H23ClN2O/c1-4-18-10-12-11-19(8-7-16(2,3)20)15-9-13(17)5-6-14(12)15/h5-6,9,11,18,20H,4,7-8,10H2,1-3H3. The summed E-state index contributed by atoms with van der Waals surface area (Å²) in [6.07, 6.45) is 2.87. The van der Waals surface area contributed by atoms with Gasteiger partial charge in [-0.15, -0.1) is 0 Å². The highest BCUT2D eigenvalue weighted by atomic mass is 35.5. The first kappa shape index (κ1) is 15.4. The summed E-state index contributed by atoms with van der Waals surface area (Å²) in [5.74, 6) is 0. The average molecular weight is 295 g/mol. The first-order valence-corrected chi connectivity index (χ1v) is 7.49. The summed E-state index contributed by atoms with van der Waals surface area (Å²) in [5.41, 5.74) is 1.75. The normalized spacial score (nSPS) is 12.2. The highest BCUT2D eigenvalue weighted by Crippen LogP contribution is 2.26. The van der Waals surface area contributed by atoms with E-state index in [9.17, 15) is 5.11 Å². The van der Waals surface area contributed by atoms with E-state index < -0.39 is 5.60 Å². The number of fused-ring (bicyclic) bond motifs is 1. The molecular weight excluding hydrogens is 272 g/mol. The van der Waals surface area contributed by atoms with Crippen LogP contribution in [0.1, 0.15) is 32.8 Å². The fraction of sp³-hybridized carbons (Fsp3) is 0.500. The highest BCUT2D eigenvalue weighted by molar-refractivity contribution is 6.31. The fourth-order valence-corrected chi connectivity index (χ4v) is 2.49. The van der Waals surface area contributed by atoms with Crippen LogP contribution in [0.5, 0.6) is 0 Å². The maximum atomic E-state index is 9.90. The summed E-state index contributed by atoms with van der Waals surface area (Å²) in [6, 6.07) is 6.00. The van der Waals surface area contributed by atoms with Gasteiger partial charge in [0.25, 0.3) is 0 Å². The number of aryl methyl sites for hydroxylation is 1. The second-order valence-electron chi connectivity index (χ2n) is 5.85. The van der Waals surface area contributed by atoms with E-state index in [-0.39, 0.29) is 0 Å². The first-order chi connectivity index (χ1) is 9.40. The minimum atomic E-state index is -0.656. The van der Waals surface area contributed by atoms with Crippen molar-refractivity contribution in [3.05, 3.63) is 35.0 Å². The zero-order chi connectivity index (χ0) is 14.8. The van der Waals surface area contributed by atoms with Gasteiger partial charge in [0.1, 0.15) is 0 Å². The molecule has 1 aromatic carbocycles.